The third kappa shape index (κ3) is 2.71. The molecule has 0 radical (unpaired) electrons. The zero-order valence-electron chi connectivity index (χ0n) is 13.5. The Labute approximate surface area is 140 Å². The number of hydrogen-bond acceptors (Lipinski definition) is 7. The third-order valence-electron chi connectivity index (χ3n) is 6.74. The summed E-state index contributed by atoms with van der Waals surface area (Å²) >= 11 is 0. The van der Waals surface area contributed by atoms with Gasteiger partial charge in [-0.15, -0.1) is 0 Å². The molecule has 2 saturated heterocycles. The molecule has 4 rings (SSSR count). The monoisotopic (exact) mass is 342 g/mol. The molecule has 4 N–H and O–H groups in total. The topological polar surface area (TPSA) is 116 Å². The van der Waals surface area contributed by atoms with Crippen LogP contribution in [0.3, 0.4) is 0 Å². The largest absolute Gasteiger partial charge is 0.368 e. The van der Waals surface area contributed by atoms with Crippen molar-refractivity contribution in [1.82, 2.24) is 0 Å². The molecule has 0 bridgehead atoms. The van der Waals surface area contributed by atoms with E-state index in [9.17, 15) is 25.2 Å². The summed E-state index contributed by atoms with van der Waals surface area (Å²) < 4.78 is 10.2. The fraction of sp³-hybridized carbons (Fsp3) is 0.941. The second-order valence-corrected chi connectivity index (χ2v) is 7.91. The van der Waals surface area contributed by atoms with E-state index in [1.165, 1.54) is 0 Å². The predicted octanol–water partition coefficient (Wildman–Crippen LogP) is -0.0455. The molecule has 2 aliphatic heterocycles. The van der Waals surface area contributed by atoms with E-state index >= 15 is 0 Å². The maximum Gasteiger partial charge on any atom is 0.160 e. The minimum absolute atomic E-state index is 0.0833. The lowest BCUT2D eigenvalue weighted by Crippen LogP contribution is -2.39. The highest BCUT2D eigenvalue weighted by molar-refractivity contribution is 5.83. The third-order valence-corrected chi connectivity index (χ3v) is 6.74. The SMILES string of the molecule is O=C(C1CCC2C(O)OC(O)C2C1)C1CCC2C(O)OC(O)C2C1. The molecule has 10 atom stereocenters. The van der Waals surface area contributed by atoms with E-state index in [1.807, 2.05) is 0 Å². The highest BCUT2D eigenvalue weighted by atomic mass is 16.7. The van der Waals surface area contributed by atoms with Gasteiger partial charge >= 0.3 is 0 Å². The molecule has 2 saturated carbocycles. The molecule has 0 amide bonds. The first-order valence-electron chi connectivity index (χ1n) is 9.02. The van der Waals surface area contributed by atoms with E-state index in [0.29, 0.717) is 38.5 Å². The number of carbonyl (C=O) groups excluding carboxylic acids is 1. The zero-order valence-corrected chi connectivity index (χ0v) is 13.5. The number of rotatable bonds is 2. The van der Waals surface area contributed by atoms with Gasteiger partial charge < -0.3 is 29.9 Å². The van der Waals surface area contributed by atoms with Crippen LogP contribution in [-0.4, -0.2) is 51.4 Å². The molecule has 2 heterocycles. The summed E-state index contributed by atoms with van der Waals surface area (Å²) in [5.74, 6) is -0.585. The Bertz CT molecular complexity index is 455. The second kappa shape index (κ2) is 6.30. The van der Waals surface area contributed by atoms with Crippen molar-refractivity contribution < 1.29 is 34.7 Å². The molecule has 0 aromatic rings. The van der Waals surface area contributed by atoms with Crippen LogP contribution in [0.15, 0.2) is 0 Å². The fourth-order valence-electron chi connectivity index (χ4n) is 5.36. The maximum atomic E-state index is 12.9. The van der Waals surface area contributed by atoms with Crippen LogP contribution in [0.5, 0.6) is 0 Å². The van der Waals surface area contributed by atoms with Crippen LogP contribution in [0.25, 0.3) is 0 Å². The van der Waals surface area contributed by atoms with Crippen molar-refractivity contribution in [1.29, 1.82) is 0 Å². The second-order valence-electron chi connectivity index (χ2n) is 7.91. The summed E-state index contributed by atoms with van der Waals surface area (Å²) in [5, 5.41) is 39.4. The average Bonchev–Trinajstić information content (AvgIpc) is 3.02. The number of ether oxygens (including phenoxy) is 2. The average molecular weight is 342 g/mol. The van der Waals surface area contributed by atoms with Crippen molar-refractivity contribution in [3.8, 4) is 0 Å². The van der Waals surface area contributed by atoms with Gasteiger partial charge in [0.25, 0.3) is 0 Å². The minimum Gasteiger partial charge on any atom is -0.368 e. The van der Waals surface area contributed by atoms with E-state index in [2.05, 4.69) is 0 Å². The van der Waals surface area contributed by atoms with Crippen LogP contribution in [0, 0.1) is 35.5 Å². The highest BCUT2D eigenvalue weighted by Crippen LogP contribution is 2.47. The number of fused-ring (bicyclic) bond motifs is 2. The van der Waals surface area contributed by atoms with Gasteiger partial charge in [-0.25, -0.2) is 0 Å². The van der Waals surface area contributed by atoms with Crippen molar-refractivity contribution in [2.45, 2.75) is 63.7 Å². The first-order chi connectivity index (χ1) is 11.5. The molecule has 136 valence electrons. The summed E-state index contributed by atoms with van der Waals surface area (Å²) in [6, 6.07) is 0. The number of aliphatic hydroxyl groups is 4. The Hall–Kier alpha value is -0.570. The van der Waals surface area contributed by atoms with Gasteiger partial charge in [-0.1, -0.05) is 0 Å². The van der Waals surface area contributed by atoms with E-state index < -0.39 is 25.2 Å². The lowest BCUT2D eigenvalue weighted by atomic mass is 9.67. The first-order valence-corrected chi connectivity index (χ1v) is 9.02. The molecular weight excluding hydrogens is 316 g/mol. The van der Waals surface area contributed by atoms with E-state index in [1.54, 1.807) is 0 Å². The summed E-state index contributed by atoms with van der Waals surface area (Å²) in [5.41, 5.74) is 0. The van der Waals surface area contributed by atoms with Crippen LogP contribution in [0.1, 0.15) is 38.5 Å². The van der Waals surface area contributed by atoms with Gasteiger partial charge in [-0.2, -0.15) is 0 Å². The number of Topliss-reactive ketones (excluding diaryl/α,β-unsaturated/α-hetero) is 1. The lowest BCUT2D eigenvalue weighted by molar-refractivity contribution is -0.173. The Morgan fingerprint density at radius 3 is 1.42 bits per heavy atom. The van der Waals surface area contributed by atoms with Crippen molar-refractivity contribution in [3.63, 3.8) is 0 Å². The number of carbonyl (C=O) groups is 1. The van der Waals surface area contributed by atoms with Gasteiger partial charge in [0.2, 0.25) is 0 Å². The lowest BCUT2D eigenvalue weighted by Gasteiger charge is -2.36. The van der Waals surface area contributed by atoms with Crippen LogP contribution < -0.4 is 0 Å². The van der Waals surface area contributed by atoms with Gasteiger partial charge in [0, 0.05) is 35.5 Å². The van der Waals surface area contributed by atoms with Gasteiger partial charge in [0.05, 0.1) is 0 Å². The van der Waals surface area contributed by atoms with Crippen LogP contribution in [0.4, 0.5) is 0 Å². The smallest absolute Gasteiger partial charge is 0.160 e. The molecule has 0 spiro atoms. The maximum absolute atomic E-state index is 12.9. The van der Waals surface area contributed by atoms with Crippen molar-refractivity contribution in [3.05, 3.63) is 0 Å². The molecule has 24 heavy (non-hydrogen) atoms. The van der Waals surface area contributed by atoms with Gasteiger partial charge in [0.1, 0.15) is 5.78 Å². The standard InChI is InChI=1S/C17H26O7/c18-13(7-1-3-9-11(5-7)16(21)23-14(9)19)8-2-4-10-12(6-8)17(22)24-15(10)20/h7-12,14-17,19-22H,1-6H2. The van der Waals surface area contributed by atoms with Gasteiger partial charge in [0.15, 0.2) is 25.2 Å². The minimum atomic E-state index is -0.989. The number of ketones is 1. The summed E-state index contributed by atoms with van der Waals surface area (Å²) in [4.78, 5) is 12.9. The van der Waals surface area contributed by atoms with Gasteiger partial charge in [-0.3, -0.25) is 4.79 Å². The van der Waals surface area contributed by atoms with E-state index in [0.717, 1.165) is 0 Å². The highest BCUT2D eigenvalue weighted by Gasteiger charge is 2.51. The normalized spacial score (nSPS) is 54.3. The predicted molar refractivity (Wildman–Crippen MR) is 79.8 cm³/mol. The molecule has 0 aromatic carbocycles. The summed E-state index contributed by atoms with van der Waals surface area (Å²) in [6.45, 7) is 0. The van der Waals surface area contributed by atoms with Crippen molar-refractivity contribution >= 4 is 5.78 Å². The van der Waals surface area contributed by atoms with Crippen LogP contribution in [0.2, 0.25) is 0 Å². The quantitative estimate of drug-likeness (QED) is 0.556. The molecule has 7 nitrogen and oxygen atoms in total. The first kappa shape index (κ1) is 16.9. The number of aliphatic hydroxyl groups excluding tert-OH is 4. The number of hydrogen-bond donors (Lipinski definition) is 4. The Morgan fingerprint density at radius 2 is 1.00 bits per heavy atom. The van der Waals surface area contributed by atoms with Crippen molar-refractivity contribution in [2.75, 3.05) is 0 Å². The van der Waals surface area contributed by atoms with Gasteiger partial charge in [-0.05, 0) is 38.5 Å². The van der Waals surface area contributed by atoms with E-state index in [-0.39, 0.29) is 41.3 Å². The molecule has 4 aliphatic rings. The zero-order chi connectivity index (χ0) is 17.0. The molecule has 0 aromatic heterocycles. The Balaban J connectivity index is 1.40. The molecule has 4 fully saturated rings. The van der Waals surface area contributed by atoms with Crippen LogP contribution in [-0.2, 0) is 14.3 Å². The Morgan fingerprint density at radius 1 is 0.625 bits per heavy atom. The summed E-state index contributed by atoms with van der Waals surface area (Å²) in [7, 11) is 0. The van der Waals surface area contributed by atoms with Crippen LogP contribution >= 0.6 is 0 Å². The molecule has 2 aliphatic carbocycles. The molecule has 10 unspecified atom stereocenters. The van der Waals surface area contributed by atoms with E-state index in [4.69, 9.17) is 9.47 Å². The molecular formula is C17H26O7. The fourth-order valence-corrected chi connectivity index (χ4v) is 5.36. The Kier molecular flexibility index (Phi) is 4.43. The van der Waals surface area contributed by atoms with Crippen molar-refractivity contribution in [2.24, 2.45) is 35.5 Å². The molecule has 7 heteroatoms. The summed E-state index contributed by atoms with van der Waals surface area (Å²) in [6.07, 6.45) is 0.0481.